The number of methoxy groups -OCH3 is 1. The van der Waals surface area contributed by atoms with Gasteiger partial charge in [-0.2, -0.15) is 0 Å². The molecule has 0 atom stereocenters. The average molecular weight is 351 g/mol. The van der Waals surface area contributed by atoms with Gasteiger partial charge in [0, 0.05) is 25.2 Å². The Kier molecular flexibility index (Phi) is 9.35. The summed E-state index contributed by atoms with van der Waals surface area (Å²) in [6.45, 7) is 15.4. The van der Waals surface area contributed by atoms with Crippen LogP contribution in [0.4, 0.5) is 0 Å². The van der Waals surface area contributed by atoms with Crippen molar-refractivity contribution in [2.45, 2.75) is 34.6 Å². The highest BCUT2D eigenvalue weighted by Gasteiger charge is 2.19. The van der Waals surface area contributed by atoms with E-state index in [4.69, 9.17) is 9.47 Å². The van der Waals surface area contributed by atoms with E-state index in [0.717, 1.165) is 32.7 Å². The highest BCUT2D eigenvalue weighted by Crippen LogP contribution is 2.28. The van der Waals surface area contributed by atoms with Crippen molar-refractivity contribution in [3.05, 3.63) is 23.8 Å². The number of amides is 1. The molecule has 0 radical (unpaired) electrons. The minimum absolute atomic E-state index is 0.0437. The lowest BCUT2D eigenvalue weighted by atomic mass is 10.1. The van der Waals surface area contributed by atoms with Crippen LogP contribution in [0.1, 0.15) is 45.0 Å². The summed E-state index contributed by atoms with van der Waals surface area (Å²) < 4.78 is 10.9. The molecule has 0 aromatic heterocycles. The zero-order valence-corrected chi connectivity index (χ0v) is 16.7. The number of likely N-dealkylation sites (N-methyl/N-ethyl adjacent to an activating group) is 1. The van der Waals surface area contributed by atoms with Gasteiger partial charge in [-0.25, -0.2) is 0 Å². The topological polar surface area (TPSA) is 42.0 Å². The highest BCUT2D eigenvalue weighted by molar-refractivity contribution is 5.95. The van der Waals surface area contributed by atoms with E-state index in [1.807, 2.05) is 24.0 Å². The summed E-state index contributed by atoms with van der Waals surface area (Å²) in [5.41, 5.74) is 0.639. The number of carbonyl (C=O) groups is 1. The van der Waals surface area contributed by atoms with E-state index >= 15 is 0 Å². The number of nitrogens with zero attached hydrogens (tertiary/aromatic N) is 2. The number of rotatable bonds is 11. The molecule has 5 heteroatoms. The first-order valence-electron chi connectivity index (χ1n) is 9.29. The molecule has 25 heavy (non-hydrogen) atoms. The standard InChI is InChI=1S/C20H34N2O3/c1-7-21(8-2)12-13-22(15-16(4)5)20(23)17-10-11-18(25-9-3)19(14-17)24-6/h10-11,14,16H,7-9,12-13,15H2,1-6H3. The van der Waals surface area contributed by atoms with Crippen LogP contribution in [0.15, 0.2) is 18.2 Å². The van der Waals surface area contributed by atoms with Crippen molar-refractivity contribution in [3.8, 4) is 11.5 Å². The van der Waals surface area contributed by atoms with Gasteiger partial charge >= 0.3 is 0 Å². The molecule has 1 aromatic rings. The number of hydrogen-bond donors (Lipinski definition) is 0. The molecule has 0 fully saturated rings. The summed E-state index contributed by atoms with van der Waals surface area (Å²) >= 11 is 0. The normalized spacial score (nSPS) is 11.0. The smallest absolute Gasteiger partial charge is 0.254 e. The van der Waals surface area contributed by atoms with Gasteiger partial charge in [0.1, 0.15) is 0 Å². The van der Waals surface area contributed by atoms with Crippen LogP contribution in [0.2, 0.25) is 0 Å². The molecule has 0 saturated heterocycles. The minimum Gasteiger partial charge on any atom is -0.493 e. The first-order chi connectivity index (χ1) is 12.0. The molecule has 142 valence electrons. The van der Waals surface area contributed by atoms with Gasteiger partial charge < -0.3 is 19.3 Å². The molecule has 0 spiro atoms. The molecule has 1 aromatic carbocycles. The molecular formula is C20H34N2O3. The van der Waals surface area contributed by atoms with E-state index in [1.165, 1.54) is 0 Å². The summed E-state index contributed by atoms with van der Waals surface area (Å²) in [5.74, 6) is 1.73. The summed E-state index contributed by atoms with van der Waals surface area (Å²) in [6, 6.07) is 5.41. The lowest BCUT2D eigenvalue weighted by Gasteiger charge is -2.28. The third kappa shape index (κ3) is 6.58. The molecular weight excluding hydrogens is 316 g/mol. The van der Waals surface area contributed by atoms with Crippen molar-refractivity contribution in [1.29, 1.82) is 0 Å². The summed E-state index contributed by atoms with van der Waals surface area (Å²) in [5, 5.41) is 0. The second-order valence-corrected chi connectivity index (χ2v) is 6.47. The van der Waals surface area contributed by atoms with Crippen LogP contribution in [-0.4, -0.2) is 62.1 Å². The molecule has 0 saturated carbocycles. The maximum absolute atomic E-state index is 13.0. The van der Waals surface area contributed by atoms with E-state index < -0.39 is 0 Å². The first-order valence-corrected chi connectivity index (χ1v) is 9.29. The third-order valence-electron chi connectivity index (χ3n) is 4.16. The SMILES string of the molecule is CCOc1ccc(C(=O)N(CCN(CC)CC)CC(C)C)cc1OC. The lowest BCUT2D eigenvalue weighted by Crippen LogP contribution is -2.40. The molecule has 0 N–H and O–H groups in total. The Morgan fingerprint density at radius 2 is 1.76 bits per heavy atom. The second-order valence-electron chi connectivity index (χ2n) is 6.47. The van der Waals surface area contributed by atoms with E-state index in [1.54, 1.807) is 13.2 Å². The van der Waals surface area contributed by atoms with Crippen LogP contribution < -0.4 is 9.47 Å². The zero-order chi connectivity index (χ0) is 18.8. The highest BCUT2D eigenvalue weighted by atomic mass is 16.5. The lowest BCUT2D eigenvalue weighted by molar-refractivity contribution is 0.0716. The van der Waals surface area contributed by atoms with Gasteiger partial charge in [-0.15, -0.1) is 0 Å². The molecule has 0 unspecified atom stereocenters. The Morgan fingerprint density at radius 3 is 2.28 bits per heavy atom. The summed E-state index contributed by atoms with van der Waals surface area (Å²) in [7, 11) is 1.60. The predicted molar refractivity (Wildman–Crippen MR) is 103 cm³/mol. The van der Waals surface area contributed by atoms with Crippen molar-refractivity contribution in [1.82, 2.24) is 9.80 Å². The van der Waals surface area contributed by atoms with Crippen molar-refractivity contribution in [2.75, 3.05) is 46.4 Å². The Hall–Kier alpha value is -1.75. The largest absolute Gasteiger partial charge is 0.493 e. The molecule has 1 amide bonds. The van der Waals surface area contributed by atoms with Gasteiger partial charge in [-0.1, -0.05) is 27.7 Å². The number of ether oxygens (including phenoxy) is 2. The Labute approximate surface area is 152 Å². The zero-order valence-electron chi connectivity index (χ0n) is 16.7. The van der Waals surface area contributed by atoms with Gasteiger partial charge in [-0.05, 0) is 44.1 Å². The molecule has 0 heterocycles. The number of carbonyl (C=O) groups excluding carboxylic acids is 1. The van der Waals surface area contributed by atoms with Crippen LogP contribution in [0.3, 0.4) is 0 Å². The average Bonchev–Trinajstić information content (AvgIpc) is 2.61. The quantitative estimate of drug-likeness (QED) is 0.612. The van der Waals surface area contributed by atoms with Gasteiger partial charge in [0.05, 0.1) is 13.7 Å². The van der Waals surface area contributed by atoms with Crippen LogP contribution >= 0.6 is 0 Å². The van der Waals surface area contributed by atoms with Crippen molar-refractivity contribution in [3.63, 3.8) is 0 Å². The molecule has 0 aliphatic carbocycles. The second kappa shape index (κ2) is 11.0. The monoisotopic (exact) mass is 350 g/mol. The molecule has 0 bridgehead atoms. The Morgan fingerprint density at radius 1 is 1.08 bits per heavy atom. The van der Waals surface area contributed by atoms with Gasteiger partial charge in [0.2, 0.25) is 0 Å². The van der Waals surface area contributed by atoms with E-state index in [2.05, 4.69) is 32.6 Å². The maximum Gasteiger partial charge on any atom is 0.254 e. The van der Waals surface area contributed by atoms with Crippen molar-refractivity contribution >= 4 is 5.91 Å². The molecule has 1 rings (SSSR count). The predicted octanol–water partition coefficient (Wildman–Crippen LogP) is 3.53. The van der Waals surface area contributed by atoms with Crippen molar-refractivity contribution < 1.29 is 14.3 Å². The summed E-state index contributed by atoms with van der Waals surface area (Å²) in [6.07, 6.45) is 0. The van der Waals surface area contributed by atoms with E-state index in [9.17, 15) is 4.79 Å². The van der Waals surface area contributed by atoms with E-state index in [-0.39, 0.29) is 5.91 Å². The fourth-order valence-corrected chi connectivity index (χ4v) is 2.78. The molecule has 0 aliphatic rings. The first kappa shape index (κ1) is 21.3. The van der Waals surface area contributed by atoms with Crippen LogP contribution in [0.25, 0.3) is 0 Å². The number of benzene rings is 1. The van der Waals surface area contributed by atoms with E-state index in [0.29, 0.717) is 29.6 Å². The Bertz CT molecular complexity index is 528. The fraction of sp³-hybridized carbons (Fsp3) is 0.650. The minimum atomic E-state index is 0.0437. The summed E-state index contributed by atoms with van der Waals surface area (Å²) in [4.78, 5) is 17.3. The van der Waals surface area contributed by atoms with Crippen LogP contribution in [0.5, 0.6) is 11.5 Å². The van der Waals surface area contributed by atoms with Crippen LogP contribution in [0, 0.1) is 5.92 Å². The van der Waals surface area contributed by atoms with Crippen LogP contribution in [-0.2, 0) is 0 Å². The maximum atomic E-state index is 13.0. The van der Waals surface area contributed by atoms with Gasteiger partial charge in [-0.3, -0.25) is 4.79 Å². The molecule has 0 aliphatic heterocycles. The third-order valence-corrected chi connectivity index (χ3v) is 4.16. The van der Waals surface area contributed by atoms with Gasteiger partial charge in [0.25, 0.3) is 5.91 Å². The fourth-order valence-electron chi connectivity index (χ4n) is 2.78. The van der Waals surface area contributed by atoms with Crippen molar-refractivity contribution in [2.24, 2.45) is 5.92 Å². The Balaban J connectivity index is 2.95. The number of hydrogen-bond acceptors (Lipinski definition) is 4. The molecule has 5 nitrogen and oxygen atoms in total. The van der Waals surface area contributed by atoms with Gasteiger partial charge in [0.15, 0.2) is 11.5 Å².